The molecule has 0 spiro atoms. The predicted octanol–water partition coefficient (Wildman–Crippen LogP) is 3.49. The first kappa shape index (κ1) is 20.3. The lowest BCUT2D eigenvalue weighted by Crippen LogP contribution is -2.33. The van der Waals surface area contributed by atoms with E-state index in [1.54, 1.807) is 18.2 Å². The Kier molecular flexibility index (Phi) is 4.23. The van der Waals surface area contributed by atoms with Crippen LogP contribution in [0.25, 0.3) is 21.9 Å². The second-order valence-electron chi connectivity index (χ2n) is 8.64. The Morgan fingerprint density at radius 3 is 2.76 bits per heavy atom. The highest BCUT2D eigenvalue weighted by Gasteiger charge is 2.42. The van der Waals surface area contributed by atoms with Crippen LogP contribution in [0.1, 0.15) is 24.0 Å². The smallest absolute Gasteiger partial charge is 0.259 e. The van der Waals surface area contributed by atoms with Crippen LogP contribution in [0.5, 0.6) is 5.75 Å². The molecule has 0 bridgehead atoms. The number of aromatic nitrogens is 1. The molecule has 8 nitrogen and oxygen atoms in total. The average molecular weight is 455 g/mol. The summed E-state index contributed by atoms with van der Waals surface area (Å²) in [7, 11) is 3.46. The monoisotopic (exact) mass is 455 g/mol. The van der Waals surface area contributed by atoms with Crippen LogP contribution < -0.4 is 15.5 Å². The molecule has 1 atom stereocenters. The fraction of sp³-hybridized carbons (Fsp3) is 0.192. The van der Waals surface area contributed by atoms with Crippen LogP contribution in [-0.4, -0.2) is 34.9 Å². The molecule has 6 rings (SSSR count). The molecule has 170 valence electrons. The number of hydrogen-bond acceptors (Lipinski definition) is 6. The van der Waals surface area contributed by atoms with E-state index in [1.165, 1.54) is 25.2 Å². The highest BCUT2D eigenvalue weighted by Crippen LogP contribution is 2.45. The molecular formula is C26H21N3O5. The standard InChI is InChI=1S/C26H21N3O5/c1-13(30)29-11-19-24(26(29)32)22(16-10-28(2)20-6-4-5-18(27-19)23(16)20)17-12-34-21-8-7-14(33-3)9-15(21)25(17)31/h4-10,12,22,27H,11H2,1-3H3. The first-order valence-electron chi connectivity index (χ1n) is 10.9. The number of rotatable bonds is 2. The molecule has 2 aromatic carbocycles. The van der Waals surface area contributed by atoms with E-state index in [2.05, 4.69) is 5.32 Å². The number of amides is 2. The second kappa shape index (κ2) is 7.08. The maximum Gasteiger partial charge on any atom is 0.259 e. The first-order chi connectivity index (χ1) is 16.4. The lowest BCUT2D eigenvalue weighted by atomic mass is 9.84. The summed E-state index contributed by atoms with van der Waals surface area (Å²) in [6.45, 7) is 1.49. The third-order valence-corrected chi connectivity index (χ3v) is 6.74. The molecular weight excluding hydrogens is 434 g/mol. The van der Waals surface area contributed by atoms with Gasteiger partial charge < -0.3 is 19.0 Å². The second-order valence-corrected chi connectivity index (χ2v) is 8.64. The zero-order valence-corrected chi connectivity index (χ0v) is 18.8. The van der Waals surface area contributed by atoms with E-state index in [4.69, 9.17) is 9.15 Å². The average Bonchev–Trinajstić information content (AvgIpc) is 3.29. The summed E-state index contributed by atoms with van der Waals surface area (Å²) >= 11 is 0. The Bertz CT molecular complexity index is 1640. The number of hydrogen-bond donors (Lipinski definition) is 1. The van der Waals surface area contributed by atoms with Crippen molar-refractivity contribution in [2.45, 2.75) is 12.8 Å². The number of methoxy groups -OCH3 is 1. The van der Waals surface area contributed by atoms with Crippen molar-refractivity contribution < 1.29 is 18.7 Å². The Labute approximate surface area is 194 Å². The van der Waals surface area contributed by atoms with Crippen molar-refractivity contribution in [2.75, 3.05) is 19.0 Å². The molecule has 34 heavy (non-hydrogen) atoms. The Hall–Kier alpha value is -4.33. The Balaban J connectivity index is 1.68. The molecule has 0 aliphatic carbocycles. The lowest BCUT2D eigenvalue weighted by Gasteiger charge is -2.19. The van der Waals surface area contributed by atoms with Gasteiger partial charge in [0, 0.05) is 42.5 Å². The van der Waals surface area contributed by atoms with Gasteiger partial charge in [-0.05, 0) is 35.9 Å². The molecule has 0 saturated heterocycles. The summed E-state index contributed by atoms with van der Waals surface area (Å²) in [4.78, 5) is 40.8. The topological polar surface area (TPSA) is 93.8 Å². The van der Waals surface area contributed by atoms with E-state index in [9.17, 15) is 14.4 Å². The van der Waals surface area contributed by atoms with Gasteiger partial charge in [-0.2, -0.15) is 0 Å². The van der Waals surface area contributed by atoms with Gasteiger partial charge in [-0.25, -0.2) is 0 Å². The molecule has 0 saturated carbocycles. The molecule has 2 amide bonds. The van der Waals surface area contributed by atoms with Gasteiger partial charge in [0.15, 0.2) is 5.43 Å². The predicted molar refractivity (Wildman–Crippen MR) is 127 cm³/mol. The lowest BCUT2D eigenvalue weighted by molar-refractivity contribution is -0.139. The SMILES string of the molecule is COc1ccc2occ(C3C4=C(CN(C(C)=O)C4=O)Nc4cccc5c4c3cn5C)c(=O)c2c1. The molecule has 2 aliphatic rings. The van der Waals surface area contributed by atoms with Gasteiger partial charge in [0.05, 0.1) is 42.3 Å². The number of nitrogens with one attached hydrogen (secondary N) is 1. The van der Waals surface area contributed by atoms with E-state index in [-0.39, 0.29) is 17.9 Å². The first-order valence-corrected chi connectivity index (χ1v) is 10.9. The number of carbonyl (C=O) groups is 2. The van der Waals surface area contributed by atoms with Crippen molar-refractivity contribution >= 4 is 39.4 Å². The van der Waals surface area contributed by atoms with E-state index in [0.29, 0.717) is 33.6 Å². The number of carbonyl (C=O) groups excluding carboxylic acids is 2. The van der Waals surface area contributed by atoms with E-state index < -0.39 is 11.8 Å². The highest BCUT2D eigenvalue weighted by atomic mass is 16.5. The molecule has 2 aromatic heterocycles. The molecule has 0 radical (unpaired) electrons. The minimum atomic E-state index is -0.710. The zero-order valence-electron chi connectivity index (χ0n) is 18.8. The maximum absolute atomic E-state index is 13.8. The van der Waals surface area contributed by atoms with Gasteiger partial charge in [-0.15, -0.1) is 0 Å². The van der Waals surface area contributed by atoms with Crippen LogP contribution in [0.2, 0.25) is 0 Å². The highest BCUT2D eigenvalue weighted by molar-refractivity contribution is 6.11. The molecule has 0 fully saturated rings. The normalized spacial score (nSPS) is 17.2. The number of benzene rings is 2. The van der Waals surface area contributed by atoms with Crippen molar-refractivity contribution in [1.82, 2.24) is 9.47 Å². The number of nitrogens with zero attached hydrogens (tertiary/aromatic N) is 2. The zero-order chi connectivity index (χ0) is 23.7. The van der Waals surface area contributed by atoms with E-state index in [1.807, 2.05) is 36.0 Å². The van der Waals surface area contributed by atoms with Crippen molar-refractivity contribution in [3.63, 3.8) is 0 Å². The minimum Gasteiger partial charge on any atom is -0.497 e. The van der Waals surface area contributed by atoms with Gasteiger partial charge in [0.2, 0.25) is 5.91 Å². The third-order valence-electron chi connectivity index (χ3n) is 6.74. The van der Waals surface area contributed by atoms with Crippen LogP contribution >= 0.6 is 0 Å². The van der Waals surface area contributed by atoms with Gasteiger partial charge in [0.1, 0.15) is 11.3 Å². The molecule has 8 heteroatoms. The van der Waals surface area contributed by atoms with Crippen molar-refractivity contribution in [3.05, 3.63) is 81.5 Å². The van der Waals surface area contributed by atoms with Crippen LogP contribution in [0, 0.1) is 0 Å². The summed E-state index contributed by atoms with van der Waals surface area (Å²) in [6, 6.07) is 10.9. The van der Waals surface area contributed by atoms with Gasteiger partial charge in [-0.1, -0.05) is 6.07 Å². The summed E-state index contributed by atoms with van der Waals surface area (Å²) in [5.41, 5.74) is 4.11. The fourth-order valence-electron chi connectivity index (χ4n) is 5.14. The van der Waals surface area contributed by atoms with Crippen molar-refractivity contribution in [2.24, 2.45) is 7.05 Å². The van der Waals surface area contributed by atoms with E-state index in [0.717, 1.165) is 22.2 Å². The summed E-state index contributed by atoms with van der Waals surface area (Å²) in [5.74, 6) is -0.930. The number of anilines is 1. The summed E-state index contributed by atoms with van der Waals surface area (Å²) in [5, 5.41) is 4.68. The van der Waals surface area contributed by atoms with Crippen LogP contribution in [0.3, 0.4) is 0 Å². The summed E-state index contributed by atoms with van der Waals surface area (Å²) in [6.07, 6.45) is 3.37. The Morgan fingerprint density at radius 2 is 2.00 bits per heavy atom. The van der Waals surface area contributed by atoms with Gasteiger partial charge in [-0.3, -0.25) is 19.3 Å². The number of fused-ring (bicyclic) bond motifs is 1. The largest absolute Gasteiger partial charge is 0.497 e. The number of imide groups is 1. The quantitative estimate of drug-likeness (QED) is 0.497. The third kappa shape index (κ3) is 2.68. The summed E-state index contributed by atoms with van der Waals surface area (Å²) < 4.78 is 13.1. The fourth-order valence-corrected chi connectivity index (χ4v) is 5.14. The molecule has 4 aromatic rings. The van der Waals surface area contributed by atoms with Crippen LogP contribution in [0.4, 0.5) is 5.69 Å². The Morgan fingerprint density at radius 1 is 1.18 bits per heavy atom. The number of ether oxygens (including phenoxy) is 1. The van der Waals surface area contributed by atoms with Gasteiger partial charge in [0.25, 0.3) is 5.91 Å². The molecule has 4 heterocycles. The maximum atomic E-state index is 13.8. The minimum absolute atomic E-state index is 0.125. The van der Waals surface area contributed by atoms with Crippen LogP contribution in [-0.2, 0) is 16.6 Å². The van der Waals surface area contributed by atoms with Crippen molar-refractivity contribution in [1.29, 1.82) is 0 Å². The number of aryl methyl sites for hydroxylation is 1. The van der Waals surface area contributed by atoms with E-state index >= 15 is 0 Å². The molecule has 2 aliphatic heterocycles. The molecule has 1 unspecified atom stereocenters. The van der Waals surface area contributed by atoms with Gasteiger partial charge >= 0.3 is 0 Å². The van der Waals surface area contributed by atoms with Crippen LogP contribution in [0.15, 0.2) is 69.3 Å². The molecule has 1 N–H and O–H groups in total. The van der Waals surface area contributed by atoms with Crippen molar-refractivity contribution in [3.8, 4) is 5.75 Å².